The van der Waals surface area contributed by atoms with Crippen LogP contribution in [-0.4, -0.2) is 24.6 Å². The van der Waals surface area contributed by atoms with E-state index in [0.29, 0.717) is 25.2 Å². The summed E-state index contributed by atoms with van der Waals surface area (Å²) in [4.78, 5) is 1.97. The lowest BCUT2D eigenvalue weighted by molar-refractivity contribution is -0.143. The van der Waals surface area contributed by atoms with Crippen LogP contribution in [0.2, 0.25) is 0 Å². The third kappa shape index (κ3) is 7.31. The Hall–Kier alpha value is -1.40. The topological polar surface area (TPSA) is 21.3 Å². The van der Waals surface area contributed by atoms with E-state index in [2.05, 4.69) is 27.9 Å². The van der Waals surface area contributed by atoms with Crippen LogP contribution in [0.3, 0.4) is 0 Å². The van der Waals surface area contributed by atoms with Gasteiger partial charge in [0.1, 0.15) is 5.82 Å². The largest absolute Gasteiger partial charge is 0.416 e. The first-order valence-corrected chi connectivity index (χ1v) is 11.4. The summed E-state index contributed by atoms with van der Waals surface area (Å²) in [5.74, 6) is -0.514. The van der Waals surface area contributed by atoms with Gasteiger partial charge in [0.25, 0.3) is 0 Å². The smallest absolute Gasteiger partial charge is 0.376 e. The molecule has 2 aromatic rings. The Kier molecular flexibility index (Phi) is 9.14. The summed E-state index contributed by atoms with van der Waals surface area (Å²) in [6.07, 6.45) is -9.79. The molecule has 1 aliphatic heterocycles. The van der Waals surface area contributed by atoms with Crippen LogP contribution in [-0.2, 0) is 23.7 Å². The highest BCUT2D eigenvalue weighted by molar-refractivity contribution is 14.1. The second-order valence-corrected chi connectivity index (χ2v) is 7.01. The van der Waals surface area contributed by atoms with Gasteiger partial charge < -0.3 is 10.1 Å². The average Bonchev–Trinajstić information content (AvgIpc) is 3.16. The number of benzene rings is 2. The van der Waals surface area contributed by atoms with Crippen LogP contribution >= 0.6 is 22.6 Å². The quantitative estimate of drug-likeness (QED) is 0.257. The molecule has 0 unspecified atom stereocenters. The van der Waals surface area contributed by atoms with Crippen molar-refractivity contribution < 1.29 is 35.5 Å². The van der Waals surface area contributed by atoms with Gasteiger partial charge in [-0.1, -0.05) is 34.7 Å². The molecule has 1 fully saturated rings. The second-order valence-electron chi connectivity index (χ2n) is 7.01. The van der Waals surface area contributed by atoms with Crippen molar-refractivity contribution in [1.82, 2.24) is 5.32 Å². The Morgan fingerprint density at radius 2 is 1.55 bits per heavy atom. The summed E-state index contributed by atoms with van der Waals surface area (Å²) in [6, 6.07) is 7.50. The molecule has 3 rings (SSSR count). The van der Waals surface area contributed by atoms with Crippen molar-refractivity contribution in [3.8, 4) is 0 Å². The number of halogens is 8. The highest BCUT2D eigenvalue weighted by Crippen LogP contribution is 2.36. The Balaban J connectivity index is 0.00000166. The summed E-state index contributed by atoms with van der Waals surface area (Å²) in [7, 11) is 0. The van der Waals surface area contributed by atoms with E-state index in [9.17, 15) is 30.7 Å². The predicted molar refractivity (Wildman–Crippen MR) is 112 cm³/mol. The number of hydrogen-bond acceptors (Lipinski definition) is 2. The first-order valence-electron chi connectivity index (χ1n) is 9.24. The molecular formula is C21H21F7INO. The molecule has 0 aliphatic carbocycles. The third-order valence-corrected chi connectivity index (χ3v) is 4.86. The van der Waals surface area contributed by atoms with Gasteiger partial charge >= 0.3 is 12.4 Å². The van der Waals surface area contributed by atoms with Gasteiger partial charge in [-0.25, -0.2) is 4.39 Å². The molecule has 1 saturated heterocycles. The first kappa shape index (κ1) is 25.9. The summed E-state index contributed by atoms with van der Waals surface area (Å²) in [5.41, 5.74) is -2.18. The number of ether oxygens (including phenoxy) is 1. The standard InChI is InChI=1S/C20H18F7NO.CH3I/c21-17-3-1-2-13(6-17)18-9-28-8-14(18)11-29-10-12-4-15(19(22,23)24)7-16(5-12)20(25,26)27;1-2/h1-7,14,18,28H,8-11H2;1H3/t14-,18+;/m1./s1. The van der Waals surface area contributed by atoms with E-state index in [-0.39, 0.29) is 42.5 Å². The van der Waals surface area contributed by atoms with Crippen molar-refractivity contribution in [2.45, 2.75) is 24.9 Å². The molecular weight excluding hydrogens is 542 g/mol. The molecule has 172 valence electrons. The van der Waals surface area contributed by atoms with Gasteiger partial charge in [-0.2, -0.15) is 26.3 Å². The molecule has 0 bridgehead atoms. The van der Waals surface area contributed by atoms with Gasteiger partial charge in [0.15, 0.2) is 0 Å². The normalized spacial score (nSPS) is 19.1. The molecule has 10 heteroatoms. The molecule has 0 saturated carbocycles. The minimum atomic E-state index is -4.89. The maximum atomic E-state index is 13.5. The zero-order chi connectivity index (χ0) is 23.2. The van der Waals surface area contributed by atoms with Crippen LogP contribution in [0.15, 0.2) is 42.5 Å². The number of alkyl halides is 7. The van der Waals surface area contributed by atoms with Crippen molar-refractivity contribution in [3.05, 3.63) is 70.5 Å². The van der Waals surface area contributed by atoms with E-state index < -0.39 is 23.5 Å². The molecule has 0 amide bonds. The van der Waals surface area contributed by atoms with Crippen molar-refractivity contribution in [3.63, 3.8) is 0 Å². The Morgan fingerprint density at radius 3 is 2.10 bits per heavy atom. The minimum absolute atomic E-state index is 0.0575. The number of rotatable bonds is 5. The molecule has 1 heterocycles. The van der Waals surface area contributed by atoms with E-state index in [4.69, 9.17) is 4.74 Å². The van der Waals surface area contributed by atoms with Crippen LogP contribution in [0.5, 0.6) is 0 Å². The lowest BCUT2D eigenvalue weighted by Crippen LogP contribution is -2.18. The maximum Gasteiger partial charge on any atom is 0.416 e. The Labute approximate surface area is 189 Å². The molecule has 31 heavy (non-hydrogen) atoms. The van der Waals surface area contributed by atoms with Crippen LogP contribution in [0.1, 0.15) is 28.2 Å². The first-order chi connectivity index (χ1) is 14.5. The number of hydrogen-bond donors (Lipinski definition) is 1. The average molecular weight is 563 g/mol. The Morgan fingerprint density at radius 1 is 0.935 bits per heavy atom. The number of nitrogens with one attached hydrogen (secondary N) is 1. The molecule has 1 N–H and O–H groups in total. The fraction of sp³-hybridized carbons (Fsp3) is 0.429. The van der Waals surface area contributed by atoms with Gasteiger partial charge in [-0.05, 0) is 46.4 Å². The lowest BCUT2D eigenvalue weighted by Gasteiger charge is -2.20. The summed E-state index contributed by atoms with van der Waals surface area (Å²) < 4.78 is 96.5. The van der Waals surface area contributed by atoms with E-state index in [1.165, 1.54) is 12.1 Å². The third-order valence-electron chi connectivity index (χ3n) is 4.86. The molecule has 2 aromatic carbocycles. The van der Waals surface area contributed by atoms with E-state index >= 15 is 0 Å². The van der Waals surface area contributed by atoms with Crippen molar-refractivity contribution in [2.75, 3.05) is 24.6 Å². The van der Waals surface area contributed by atoms with Gasteiger partial charge in [-0.3, -0.25) is 0 Å². The van der Waals surface area contributed by atoms with E-state index in [0.717, 1.165) is 5.56 Å². The van der Waals surface area contributed by atoms with Crippen molar-refractivity contribution in [2.24, 2.45) is 5.92 Å². The zero-order valence-electron chi connectivity index (χ0n) is 16.5. The van der Waals surface area contributed by atoms with Crippen LogP contribution in [0.25, 0.3) is 0 Å². The maximum absolute atomic E-state index is 13.5. The van der Waals surface area contributed by atoms with Crippen molar-refractivity contribution in [1.29, 1.82) is 0 Å². The fourth-order valence-electron chi connectivity index (χ4n) is 3.47. The van der Waals surface area contributed by atoms with Crippen molar-refractivity contribution >= 4 is 22.6 Å². The van der Waals surface area contributed by atoms with Gasteiger partial charge in [-0.15, -0.1) is 0 Å². The van der Waals surface area contributed by atoms with Crippen LogP contribution < -0.4 is 5.32 Å². The van der Waals surface area contributed by atoms with Gasteiger partial charge in [0.05, 0.1) is 24.3 Å². The van der Waals surface area contributed by atoms with E-state index in [1.54, 1.807) is 12.1 Å². The SMILES string of the molecule is CI.Fc1cccc([C@@H]2CNC[C@@H]2COCc2cc(C(F)(F)F)cc(C(F)(F)F)c2)c1. The van der Waals surface area contributed by atoms with Crippen LogP contribution in [0, 0.1) is 11.7 Å². The van der Waals surface area contributed by atoms with Gasteiger partial charge in [0.2, 0.25) is 0 Å². The van der Waals surface area contributed by atoms with Crippen LogP contribution in [0.4, 0.5) is 30.7 Å². The molecule has 2 nitrogen and oxygen atoms in total. The highest BCUT2D eigenvalue weighted by Gasteiger charge is 2.37. The summed E-state index contributed by atoms with van der Waals surface area (Å²) >= 11 is 2.15. The lowest BCUT2D eigenvalue weighted by atomic mass is 9.89. The highest BCUT2D eigenvalue weighted by atomic mass is 127. The molecule has 2 atom stereocenters. The second kappa shape index (κ2) is 11.0. The monoisotopic (exact) mass is 563 g/mol. The molecule has 0 aromatic heterocycles. The zero-order valence-corrected chi connectivity index (χ0v) is 18.6. The van der Waals surface area contributed by atoms with Gasteiger partial charge in [0, 0.05) is 24.9 Å². The predicted octanol–water partition coefficient (Wildman–Crippen LogP) is 6.43. The summed E-state index contributed by atoms with van der Waals surface area (Å²) in [6.45, 7) is 0.863. The molecule has 0 radical (unpaired) electrons. The summed E-state index contributed by atoms with van der Waals surface area (Å²) in [5, 5.41) is 3.15. The fourth-order valence-corrected chi connectivity index (χ4v) is 3.47. The molecule has 0 spiro atoms. The Bertz CT molecular complexity index is 822. The minimum Gasteiger partial charge on any atom is -0.376 e. The van der Waals surface area contributed by atoms with E-state index in [1.807, 2.05) is 4.93 Å². The molecule has 1 aliphatic rings.